The Bertz CT molecular complexity index is 1300. The number of fused-ring (bicyclic) bond motifs is 1. The van der Waals surface area contributed by atoms with Crippen molar-refractivity contribution in [1.82, 2.24) is 4.57 Å². The lowest BCUT2D eigenvalue weighted by atomic mass is 10.1. The monoisotopic (exact) mass is 441 g/mol. The first kappa shape index (κ1) is 22.1. The molecule has 0 aliphatic carbocycles. The van der Waals surface area contributed by atoms with Crippen LogP contribution < -0.4 is 19.5 Å². The zero-order valence-electron chi connectivity index (χ0n) is 19.3. The number of rotatable bonds is 8. The molecule has 0 aliphatic rings. The van der Waals surface area contributed by atoms with Gasteiger partial charge in [0.1, 0.15) is 23.3 Å². The van der Waals surface area contributed by atoms with E-state index in [2.05, 4.69) is 29.8 Å². The first-order valence-corrected chi connectivity index (χ1v) is 10.8. The van der Waals surface area contributed by atoms with Gasteiger partial charge in [0, 0.05) is 28.7 Å². The fourth-order valence-corrected chi connectivity index (χ4v) is 4.00. The number of anilines is 1. The maximum Gasteiger partial charge on any atom is 0.159 e. The molecule has 4 rings (SSSR count). The van der Waals surface area contributed by atoms with Crippen LogP contribution in [0.2, 0.25) is 0 Å². The molecule has 1 heterocycles. The molecule has 1 N–H and O–H groups in total. The number of hydrogen-bond acceptors (Lipinski definition) is 5. The second kappa shape index (κ2) is 9.58. The van der Waals surface area contributed by atoms with Crippen molar-refractivity contribution in [2.75, 3.05) is 26.3 Å². The van der Waals surface area contributed by atoms with E-state index in [0.717, 1.165) is 45.1 Å². The number of aromatic nitrogens is 1. The van der Waals surface area contributed by atoms with Gasteiger partial charge in [-0.1, -0.05) is 12.1 Å². The quantitative estimate of drug-likeness (QED) is 0.329. The number of nitriles is 1. The van der Waals surface area contributed by atoms with Crippen LogP contribution in [-0.2, 0) is 0 Å². The van der Waals surface area contributed by atoms with Crippen LogP contribution in [0.4, 0.5) is 5.69 Å². The Labute approximate surface area is 193 Å². The number of hydrogen-bond donors (Lipinski definition) is 1. The van der Waals surface area contributed by atoms with E-state index in [1.807, 2.05) is 66.7 Å². The molecule has 4 aromatic rings. The standard InChI is InChI=1S/C27H27N3O3/c1-18(2)30-26-15-23(32-4)12-13-24(26)25(16-28)27(30)19-6-5-7-20(14-19)29-17-33-22-10-8-21(31-3)9-11-22/h5-15,18,29H,17H2,1-4H3. The van der Waals surface area contributed by atoms with Crippen molar-refractivity contribution in [1.29, 1.82) is 5.26 Å². The third kappa shape index (κ3) is 4.44. The maximum absolute atomic E-state index is 10.0. The summed E-state index contributed by atoms with van der Waals surface area (Å²) in [4.78, 5) is 0. The molecule has 168 valence electrons. The van der Waals surface area contributed by atoms with Crippen LogP contribution in [0, 0.1) is 11.3 Å². The third-order valence-corrected chi connectivity index (χ3v) is 5.55. The molecule has 0 bridgehead atoms. The number of methoxy groups -OCH3 is 2. The van der Waals surface area contributed by atoms with E-state index in [4.69, 9.17) is 14.2 Å². The highest BCUT2D eigenvalue weighted by molar-refractivity contribution is 5.95. The topological polar surface area (TPSA) is 68.4 Å². The average Bonchev–Trinajstić information content (AvgIpc) is 3.18. The molecule has 0 radical (unpaired) electrons. The van der Waals surface area contributed by atoms with Gasteiger partial charge in [-0.25, -0.2) is 0 Å². The van der Waals surface area contributed by atoms with Crippen molar-refractivity contribution in [3.63, 3.8) is 0 Å². The first-order chi connectivity index (χ1) is 16.0. The van der Waals surface area contributed by atoms with Crippen molar-refractivity contribution < 1.29 is 14.2 Å². The van der Waals surface area contributed by atoms with Crippen LogP contribution in [0.1, 0.15) is 25.5 Å². The minimum atomic E-state index is 0.159. The minimum Gasteiger partial charge on any atom is -0.497 e. The molecule has 0 fully saturated rings. The molecule has 0 aliphatic heterocycles. The van der Waals surface area contributed by atoms with Gasteiger partial charge in [-0.2, -0.15) is 5.26 Å². The van der Waals surface area contributed by atoms with Crippen LogP contribution >= 0.6 is 0 Å². The van der Waals surface area contributed by atoms with E-state index in [1.165, 1.54) is 0 Å². The molecule has 0 atom stereocenters. The zero-order valence-corrected chi connectivity index (χ0v) is 19.3. The molecule has 6 heteroatoms. The second-order valence-electron chi connectivity index (χ2n) is 7.90. The molecule has 0 saturated heterocycles. The molecular formula is C27H27N3O3. The van der Waals surface area contributed by atoms with Gasteiger partial charge in [0.25, 0.3) is 0 Å². The molecular weight excluding hydrogens is 414 g/mol. The summed E-state index contributed by atoms with van der Waals surface area (Å²) < 4.78 is 18.6. The van der Waals surface area contributed by atoms with Gasteiger partial charge in [0.15, 0.2) is 6.73 Å². The minimum absolute atomic E-state index is 0.159. The molecule has 0 amide bonds. The third-order valence-electron chi connectivity index (χ3n) is 5.55. The summed E-state index contributed by atoms with van der Waals surface area (Å²) in [6.07, 6.45) is 0. The van der Waals surface area contributed by atoms with Gasteiger partial charge in [-0.15, -0.1) is 0 Å². The van der Waals surface area contributed by atoms with Crippen LogP contribution in [0.25, 0.3) is 22.2 Å². The zero-order chi connectivity index (χ0) is 23.4. The number of benzene rings is 3. The van der Waals surface area contributed by atoms with E-state index in [-0.39, 0.29) is 6.04 Å². The predicted molar refractivity (Wildman–Crippen MR) is 131 cm³/mol. The second-order valence-corrected chi connectivity index (χ2v) is 7.90. The summed E-state index contributed by atoms with van der Waals surface area (Å²) >= 11 is 0. The van der Waals surface area contributed by atoms with E-state index in [1.54, 1.807) is 14.2 Å². The Balaban J connectivity index is 1.65. The Morgan fingerprint density at radius 1 is 0.909 bits per heavy atom. The Morgan fingerprint density at radius 2 is 1.61 bits per heavy atom. The summed E-state index contributed by atoms with van der Waals surface area (Å²) in [7, 11) is 3.29. The van der Waals surface area contributed by atoms with E-state index < -0.39 is 0 Å². The van der Waals surface area contributed by atoms with Gasteiger partial charge in [0.05, 0.1) is 31.0 Å². The highest BCUT2D eigenvalue weighted by Crippen LogP contribution is 2.38. The Morgan fingerprint density at radius 3 is 2.27 bits per heavy atom. The maximum atomic E-state index is 10.0. The predicted octanol–water partition coefficient (Wildman–Crippen LogP) is 6.23. The highest BCUT2D eigenvalue weighted by atomic mass is 16.5. The largest absolute Gasteiger partial charge is 0.497 e. The van der Waals surface area contributed by atoms with Gasteiger partial charge < -0.3 is 24.1 Å². The SMILES string of the molecule is COc1ccc(OCNc2cccc(-c3c(C#N)c4ccc(OC)cc4n3C(C)C)c2)cc1. The molecule has 33 heavy (non-hydrogen) atoms. The lowest BCUT2D eigenvalue weighted by Crippen LogP contribution is -2.09. The average molecular weight is 442 g/mol. The summed E-state index contributed by atoms with van der Waals surface area (Å²) in [5.41, 5.74) is 4.41. The summed E-state index contributed by atoms with van der Waals surface area (Å²) in [6, 6.07) is 23.9. The molecule has 0 unspecified atom stereocenters. The molecule has 1 aromatic heterocycles. The molecule has 3 aromatic carbocycles. The summed E-state index contributed by atoms with van der Waals surface area (Å²) in [5.74, 6) is 2.30. The van der Waals surface area contributed by atoms with Crippen molar-refractivity contribution in [2.45, 2.75) is 19.9 Å². The van der Waals surface area contributed by atoms with Crippen LogP contribution in [0.3, 0.4) is 0 Å². The van der Waals surface area contributed by atoms with Gasteiger partial charge >= 0.3 is 0 Å². The summed E-state index contributed by atoms with van der Waals surface area (Å²) in [5, 5.41) is 14.3. The van der Waals surface area contributed by atoms with E-state index in [0.29, 0.717) is 12.3 Å². The van der Waals surface area contributed by atoms with E-state index in [9.17, 15) is 5.26 Å². The van der Waals surface area contributed by atoms with Crippen LogP contribution in [0.5, 0.6) is 17.2 Å². The fourth-order valence-electron chi connectivity index (χ4n) is 4.00. The van der Waals surface area contributed by atoms with Gasteiger partial charge in [-0.3, -0.25) is 0 Å². The first-order valence-electron chi connectivity index (χ1n) is 10.8. The number of nitrogens with zero attached hydrogens (tertiary/aromatic N) is 2. The molecule has 0 saturated carbocycles. The molecule has 0 spiro atoms. The Kier molecular flexibility index (Phi) is 6.41. The fraction of sp³-hybridized carbons (Fsp3) is 0.222. The van der Waals surface area contributed by atoms with Crippen molar-refractivity contribution in [3.8, 4) is 34.6 Å². The highest BCUT2D eigenvalue weighted by Gasteiger charge is 2.21. The smallest absolute Gasteiger partial charge is 0.159 e. The summed E-state index contributed by atoms with van der Waals surface area (Å²) in [6.45, 7) is 4.55. The van der Waals surface area contributed by atoms with E-state index >= 15 is 0 Å². The van der Waals surface area contributed by atoms with Gasteiger partial charge in [0.2, 0.25) is 0 Å². The lowest BCUT2D eigenvalue weighted by Gasteiger charge is -2.16. The van der Waals surface area contributed by atoms with Gasteiger partial charge in [-0.05, 0) is 62.4 Å². The molecule has 6 nitrogen and oxygen atoms in total. The lowest BCUT2D eigenvalue weighted by molar-refractivity contribution is 0.345. The Hall–Kier alpha value is -4.11. The van der Waals surface area contributed by atoms with Crippen LogP contribution in [0.15, 0.2) is 66.7 Å². The number of ether oxygens (including phenoxy) is 3. The normalized spacial score (nSPS) is 10.8. The van der Waals surface area contributed by atoms with Crippen molar-refractivity contribution in [3.05, 3.63) is 72.3 Å². The number of nitrogens with one attached hydrogen (secondary N) is 1. The van der Waals surface area contributed by atoms with Crippen molar-refractivity contribution in [2.24, 2.45) is 0 Å². The van der Waals surface area contributed by atoms with Crippen molar-refractivity contribution >= 4 is 16.6 Å². The van der Waals surface area contributed by atoms with Crippen LogP contribution in [-0.4, -0.2) is 25.5 Å².